The fourth-order valence-corrected chi connectivity index (χ4v) is 3.92. The molecule has 1 unspecified atom stereocenters. The molecule has 1 amide bonds. The summed E-state index contributed by atoms with van der Waals surface area (Å²) in [7, 11) is 3.88. The van der Waals surface area contributed by atoms with Gasteiger partial charge in [0, 0.05) is 13.1 Å². The van der Waals surface area contributed by atoms with Crippen molar-refractivity contribution in [2.75, 3.05) is 33.7 Å². The van der Waals surface area contributed by atoms with Gasteiger partial charge in [-0.25, -0.2) is 0 Å². The number of hydrogen-bond donors (Lipinski definition) is 2. The lowest BCUT2D eigenvalue weighted by molar-refractivity contribution is -0.0392. The minimum atomic E-state index is -0.804. The zero-order valence-corrected chi connectivity index (χ0v) is 13.2. The molecule has 2 aromatic rings. The normalized spacial score (nSPS) is 23.1. The quantitative estimate of drug-likeness (QED) is 0.908. The van der Waals surface area contributed by atoms with Crippen LogP contribution in [0.3, 0.4) is 0 Å². The summed E-state index contributed by atoms with van der Waals surface area (Å²) >= 11 is 1.62. The molecule has 0 radical (unpaired) electrons. The molecule has 5 nitrogen and oxygen atoms in total. The molecule has 0 spiro atoms. The predicted molar refractivity (Wildman–Crippen MR) is 84.8 cm³/mol. The fraction of sp³-hybridized carbons (Fsp3) is 0.533. The van der Waals surface area contributed by atoms with Crippen molar-refractivity contribution in [2.24, 2.45) is 0 Å². The molecule has 21 heavy (non-hydrogen) atoms. The van der Waals surface area contributed by atoms with Crippen molar-refractivity contribution in [1.82, 2.24) is 14.8 Å². The van der Waals surface area contributed by atoms with Crippen LogP contribution in [0.2, 0.25) is 0 Å². The SMILES string of the molecule is CN(C)CC1(O)CCCN(C(=O)c2cc3sccc3[nH]2)C1. The van der Waals surface area contributed by atoms with Gasteiger partial charge >= 0.3 is 0 Å². The van der Waals surface area contributed by atoms with Gasteiger partial charge in [-0.05, 0) is 44.4 Å². The first-order chi connectivity index (χ1) is 9.97. The van der Waals surface area contributed by atoms with Crippen LogP contribution in [0, 0.1) is 0 Å². The van der Waals surface area contributed by atoms with Crippen LogP contribution in [0.15, 0.2) is 17.5 Å². The van der Waals surface area contributed by atoms with Crippen molar-refractivity contribution >= 4 is 27.5 Å². The number of hydrogen-bond acceptors (Lipinski definition) is 4. The van der Waals surface area contributed by atoms with Crippen molar-refractivity contribution in [1.29, 1.82) is 0 Å². The number of H-pyrrole nitrogens is 1. The number of aromatic nitrogens is 1. The third-order valence-electron chi connectivity index (χ3n) is 3.92. The molecule has 6 heteroatoms. The number of carbonyl (C=O) groups excluding carboxylic acids is 1. The topological polar surface area (TPSA) is 59.6 Å². The van der Waals surface area contributed by atoms with Gasteiger partial charge in [-0.15, -0.1) is 11.3 Å². The van der Waals surface area contributed by atoms with E-state index in [2.05, 4.69) is 4.98 Å². The number of aliphatic hydroxyl groups is 1. The maximum atomic E-state index is 12.6. The van der Waals surface area contributed by atoms with Crippen LogP contribution >= 0.6 is 11.3 Å². The number of aromatic amines is 1. The van der Waals surface area contributed by atoms with Gasteiger partial charge in [0.1, 0.15) is 5.69 Å². The Bertz CT molecular complexity index is 620. The highest BCUT2D eigenvalue weighted by atomic mass is 32.1. The third kappa shape index (κ3) is 2.97. The number of likely N-dealkylation sites (N-methyl/N-ethyl adjacent to an activating group) is 1. The summed E-state index contributed by atoms with van der Waals surface area (Å²) in [6, 6.07) is 3.89. The van der Waals surface area contributed by atoms with Gasteiger partial charge in [0.15, 0.2) is 0 Å². The monoisotopic (exact) mass is 307 g/mol. The lowest BCUT2D eigenvalue weighted by atomic mass is 9.92. The summed E-state index contributed by atoms with van der Waals surface area (Å²) in [5.74, 6) is -0.0183. The zero-order valence-electron chi connectivity index (χ0n) is 12.4. The minimum Gasteiger partial charge on any atom is -0.387 e. The lowest BCUT2D eigenvalue weighted by Gasteiger charge is -2.40. The molecule has 1 fully saturated rings. The Morgan fingerprint density at radius 3 is 3.10 bits per heavy atom. The molecule has 0 saturated carbocycles. The fourth-order valence-electron chi connectivity index (χ4n) is 3.14. The highest BCUT2D eigenvalue weighted by Gasteiger charge is 2.36. The molecular formula is C15H21N3O2S. The van der Waals surface area contributed by atoms with E-state index < -0.39 is 5.60 Å². The van der Waals surface area contributed by atoms with E-state index in [1.54, 1.807) is 16.2 Å². The number of nitrogens with zero attached hydrogens (tertiary/aromatic N) is 2. The first-order valence-electron chi connectivity index (χ1n) is 7.19. The Balaban J connectivity index is 1.76. The Morgan fingerprint density at radius 1 is 1.57 bits per heavy atom. The lowest BCUT2D eigenvalue weighted by Crippen LogP contribution is -2.54. The Kier molecular flexibility index (Phi) is 3.77. The van der Waals surface area contributed by atoms with Gasteiger partial charge in [0.2, 0.25) is 0 Å². The third-order valence-corrected chi connectivity index (χ3v) is 4.79. The van der Waals surface area contributed by atoms with Crippen LogP contribution in [0.4, 0.5) is 0 Å². The van der Waals surface area contributed by atoms with Gasteiger partial charge in [-0.3, -0.25) is 4.79 Å². The molecule has 3 heterocycles. The summed E-state index contributed by atoms with van der Waals surface area (Å²) in [6.07, 6.45) is 1.58. The zero-order chi connectivity index (χ0) is 15.0. The number of β-amino-alcohol motifs (C(OH)–C–C–N with tert-alkyl or cyclic N) is 1. The largest absolute Gasteiger partial charge is 0.387 e. The van der Waals surface area contributed by atoms with E-state index in [4.69, 9.17) is 0 Å². The van der Waals surface area contributed by atoms with Gasteiger partial charge in [-0.1, -0.05) is 0 Å². The first kappa shape index (κ1) is 14.6. The molecule has 0 aromatic carbocycles. The number of likely N-dealkylation sites (tertiary alicyclic amines) is 1. The first-order valence-corrected chi connectivity index (χ1v) is 8.07. The van der Waals surface area contributed by atoms with Crippen LogP contribution < -0.4 is 0 Å². The van der Waals surface area contributed by atoms with E-state index >= 15 is 0 Å². The van der Waals surface area contributed by atoms with E-state index in [0.717, 1.165) is 23.1 Å². The average molecular weight is 307 g/mol. The van der Waals surface area contributed by atoms with Crippen molar-refractivity contribution < 1.29 is 9.90 Å². The predicted octanol–water partition coefficient (Wildman–Crippen LogP) is 1.76. The molecule has 1 saturated heterocycles. The molecule has 0 aliphatic carbocycles. The highest BCUT2D eigenvalue weighted by molar-refractivity contribution is 7.17. The van der Waals surface area contributed by atoms with Gasteiger partial charge in [-0.2, -0.15) is 0 Å². The molecular weight excluding hydrogens is 286 g/mol. The molecule has 2 aromatic heterocycles. The number of fused-ring (bicyclic) bond motifs is 1. The highest BCUT2D eigenvalue weighted by Crippen LogP contribution is 2.25. The van der Waals surface area contributed by atoms with Crippen LogP contribution in [0.1, 0.15) is 23.3 Å². The molecule has 2 N–H and O–H groups in total. The Labute approximate surface area is 128 Å². The maximum absolute atomic E-state index is 12.6. The van der Waals surface area contributed by atoms with Crippen LogP contribution in [0.25, 0.3) is 10.2 Å². The second kappa shape index (κ2) is 5.44. The summed E-state index contributed by atoms with van der Waals surface area (Å²) in [5, 5.41) is 12.7. The van der Waals surface area contributed by atoms with Crippen LogP contribution in [0.5, 0.6) is 0 Å². The standard InChI is InChI=1S/C15H21N3O2S/c1-17(2)9-15(20)5-3-6-18(10-15)14(19)12-8-13-11(16-12)4-7-21-13/h4,7-8,16,20H,3,5-6,9-10H2,1-2H3. The average Bonchev–Trinajstić information content (AvgIpc) is 2.96. The Morgan fingerprint density at radius 2 is 2.38 bits per heavy atom. The maximum Gasteiger partial charge on any atom is 0.270 e. The van der Waals surface area contributed by atoms with Gasteiger partial charge in [0.05, 0.1) is 22.4 Å². The smallest absolute Gasteiger partial charge is 0.270 e. The number of thiophene rings is 1. The van der Waals surface area contributed by atoms with Crippen molar-refractivity contribution in [2.45, 2.75) is 18.4 Å². The molecule has 1 aliphatic rings. The number of rotatable bonds is 3. The van der Waals surface area contributed by atoms with E-state index in [9.17, 15) is 9.90 Å². The number of nitrogens with one attached hydrogen (secondary N) is 1. The van der Waals surface area contributed by atoms with Crippen LogP contribution in [-0.2, 0) is 0 Å². The summed E-state index contributed by atoms with van der Waals surface area (Å²) < 4.78 is 1.10. The molecule has 1 aliphatic heterocycles. The molecule has 0 bridgehead atoms. The van der Waals surface area contributed by atoms with Crippen LogP contribution in [-0.4, -0.2) is 65.1 Å². The Hall–Kier alpha value is -1.37. The molecule has 3 rings (SSSR count). The molecule has 114 valence electrons. The number of amides is 1. The van der Waals surface area contributed by atoms with E-state index in [1.165, 1.54) is 0 Å². The van der Waals surface area contributed by atoms with Crippen molar-refractivity contribution in [3.63, 3.8) is 0 Å². The van der Waals surface area contributed by atoms with Crippen molar-refractivity contribution in [3.05, 3.63) is 23.2 Å². The van der Waals surface area contributed by atoms with Gasteiger partial charge in [0.25, 0.3) is 5.91 Å². The van der Waals surface area contributed by atoms with Gasteiger partial charge < -0.3 is 19.9 Å². The number of carbonyl (C=O) groups is 1. The summed E-state index contributed by atoms with van der Waals surface area (Å²) in [5.41, 5.74) is 0.816. The van der Waals surface area contributed by atoms with Crippen molar-refractivity contribution in [3.8, 4) is 0 Å². The second-order valence-corrected chi connectivity index (χ2v) is 7.12. The van der Waals surface area contributed by atoms with E-state index in [0.29, 0.717) is 25.3 Å². The molecule has 1 atom stereocenters. The van der Waals surface area contributed by atoms with E-state index in [-0.39, 0.29) is 5.91 Å². The summed E-state index contributed by atoms with van der Waals surface area (Å²) in [4.78, 5) is 19.5. The number of piperidine rings is 1. The van der Waals surface area contributed by atoms with E-state index in [1.807, 2.05) is 36.5 Å². The minimum absolute atomic E-state index is 0.0183. The second-order valence-electron chi connectivity index (χ2n) is 6.17. The summed E-state index contributed by atoms with van der Waals surface area (Å²) in [6.45, 7) is 1.69.